The molecule has 0 saturated carbocycles. The van der Waals surface area contributed by atoms with Crippen molar-refractivity contribution in [3.8, 4) is 5.75 Å². The van der Waals surface area contributed by atoms with Gasteiger partial charge in [-0.1, -0.05) is 17.7 Å². The molecule has 0 aliphatic rings. The predicted octanol–water partition coefficient (Wildman–Crippen LogP) is 2.52. The minimum Gasteiger partial charge on any atom is -0.487 e. The molecule has 2 N–H and O–H groups in total. The van der Waals surface area contributed by atoms with E-state index in [9.17, 15) is 4.79 Å². The molecule has 1 aromatic carbocycles. The molecule has 0 fully saturated rings. The molecule has 1 rings (SSSR count). The third-order valence-corrected chi connectivity index (χ3v) is 2.84. The molecule has 1 atom stereocenters. The van der Waals surface area contributed by atoms with Crippen LogP contribution < -0.4 is 15.4 Å². The number of anilines is 1. The highest BCUT2D eigenvalue weighted by atomic mass is 35.5. The summed E-state index contributed by atoms with van der Waals surface area (Å²) < 4.78 is 15.4. The summed E-state index contributed by atoms with van der Waals surface area (Å²) in [6, 6.07) is 4.69. The minimum atomic E-state index is -0.349. The summed E-state index contributed by atoms with van der Waals surface area (Å²) in [6.45, 7) is 3.05. The third kappa shape index (κ3) is 6.20. The first kappa shape index (κ1) is 17.6. The van der Waals surface area contributed by atoms with Crippen LogP contribution in [-0.2, 0) is 9.47 Å². The second-order valence-electron chi connectivity index (χ2n) is 4.41. The van der Waals surface area contributed by atoms with Crippen molar-refractivity contribution in [2.75, 3.05) is 39.4 Å². The van der Waals surface area contributed by atoms with Crippen molar-refractivity contribution in [3.05, 3.63) is 23.2 Å². The summed E-state index contributed by atoms with van der Waals surface area (Å²) in [5, 5.41) is 5.88. The molecule has 0 aliphatic heterocycles. The molecule has 2 amide bonds. The van der Waals surface area contributed by atoms with Gasteiger partial charge in [-0.25, -0.2) is 4.79 Å². The van der Waals surface area contributed by atoms with Crippen LogP contribution in [0.4, 0.5) is 10.5 Å². The summed E-state index contributed by atoms with van der Waals surface area (Å²) in [5.41, 5.74) is 0.501. The molecule has 1 aromatic rings. The summed E-state index contributed by atoms with van der Waals surface area (Å²) >= 11 is 6.09. The second-order valence-corrected chi connectivity index (χ2v) is 4.82. The first-order chi connectivity index (χ1) is 10.1. The van der Waals surface area contributed by atoms with E-state index in [1.807, 2.05) is 6.92 Å². The molecule has 0 bridgehead atoms. The molecule has 118 valence electrons. The number of halogens is 1. The standard InChI is InChI=1S/C14H21ClN2O4/c1-10(9-20-3)16-14(18)17-12-6-4-5-11(15)13(12)21-8-7-19-2/h4-6,10H,7-9H2,1-3H3,(H2,16,17,18)/t10-/m0/s1. The third-order valence-electron chi connectivity index (χ3n) is 2.54. The number of methoxy groups -OCH3 is 2. The summed E-state index contributed by atoms with van der Waals surface area (Å²) in [4.78, 5) is 11.9. The molecule has 21 heavy (non-hydrogen) atoms. The van der Waals surface area contributed by atoms with Gasteiger partial charge in [0.25, 0.3) is 0 Å². The van der Waals surface area contributed by atoms with E-state index in [0.29, 0.717) is 36.3 Å². The Hall–Kier alpha value is -1.50. The molecule has 0 aromatic heterocycles. The minimum absolute atomic E-state index is 0.105. The molecular weight excluding hydrogens is 296 g/mol. The quantitative estimate of drug-likeness (QED) is 0.723. The van der Waals surface area contributed by atoms with Gasteiger partial charge >= 0.3 is 6.03 Å². The molecule has 0 heterocycles. The van der Waals surface area contributed by atoms with E-state index < -0.39 is 0 Å². The van der Waals surface area contributed by atoms with Gasteiger partial charge in [-0.3, -0.25) is 0 Å². The Balaban J connectivity index is 2.68. The molecular formula is C14H21ClN2O4. The maximum absolute atomic E-state index is 11.9. The van der Waals surface area contributed by atoms with E-state index in [1.54, 1.807) is 32.4 Å². The van der Waals surface area contributed by atoms with Crippen molar-refractivity contribution >= 4 is 23.3 Å². The summed E-state index contributed by atoms with van der Waals surface area (Å²) in [6.07, 6.45) is 0. The van der Waals surface area contributed by atoms with Gasteiger partial charge in [0, 0.05) is 14.2 Å². The zero-order valence-electron chi connectivity index (χ0n) is 12.4. The van der Waals surface area contributed by atoms with Crippen molar-refractivity contribution in [3.63, 3.8) is 0 Å². The zero-order valence-corrected chi connectivity index (χ0v) is 13.2. The average molecular weight is 317 g/mol. The van der Waals surface area contributed by atoms with Crippen molar-refractivity contribution in [2.45, 2.75) is 13.0 Å². The maximum atomic E-state index is 11.9. The fraction of sp³-hybridized carbons (Fsp3) is 0.500. The number of ether oxygens (including phenoxy) is 3. The van der Waals surface area contributed by atoms with Crippen molar-refractivity contribution in [2.24, 2.45) is 0 Å². The van der Waals surface area contributed by atoms with E-state index in [0.717, 1.165) is 0 Å². The lowest BCUT2D eigenvalue weighted by Gasteiger charge is -2.16. The molecule has 0 radical (unpaired) electrons. The van der Waals surface area contributed by atoms with Crippen molar-refractivity contribution in [1.82, 2.24) is 5.32 Å². The molecule has 6 nitrogen and oxygen atoms in total. The first-order valence-corrected chi connectivity index (χ1v) is 6.93. The number of para-hydroxylation sites is 1. The Morgan fingerprint density at radius 1 is 1.29 bits per heavy atom. The lowest BCUT2D eigenvalue weighted by atomic mass is 10.3. The molecule has 0 aliphatic carbocycles. The van der Waals surface area contributed by atoms with Gasteiger partial charge in [0.2, 0.25) is 0 Å². The summed E-state index contributed by atoms with van der Waals surface area (Å²) in [5.74, 6) is 0.422. The Morgan fingerprint density at radius 2 is 2.05 bits per heavy atom. The van der Waals surface area contributed by atoms with E-state index in [2.05, 4.69) is 10.6 Å². The van der Waals surface area contributed by atoms with Gasteiger partial charge in [-0.2, -0.15) is 0 Å². The monoisotopic (exact) mass is 316 g/mol. The Bertz CT molecular complexity index is 457. The van der Waals surface area contributed by atoms with Crippen LogP contribution in [0, 0.1) is 0 Å². The number of hydrogen-bond donors (Lipinski definition) is 2. The van der Waals surface area contributed by atoms with Gasteiger partial charge in [-0.05, 0) is 19.1 Å². The second kappa shape index (κ2) is 9.44. The topological polar surface area (TPSA) is 68.8 Å². The van der Waals surface area contributed by atoms with Gasteiger partial charge in [0.05, 0.1) is 30.0 Å². The van der Waals surface area contributed by atoms with Crippen LogP contribution in [0.5, 0.6) is 5.75 Å². The van der Waals surface area contributed by atoms with Crippen LogP contribution in [-0.4, -0.2) is 46.1 Å². The maximum Gasteiger partial charge on any atom is 0.319 e. The highest BCUT2D eigenvalue weighted by Crippen LogP contribution is 2.32. The van der Waals surface area contributed by atoms with E-state index >= 15 is 0 Å². The lowest BCUT2D eigenvalue weighted by molar-refractivity contribution is 0.146. The number of hydrogen-bond acceptors (Lipinski definition) is 4. The van der Waals surface area contributed by atoms with Gasteiger partial charge in [-0.15, -0.1) is 0 Å². The number of carbonyl (C=O) groups is 1. The smallest absolute Gasteiger partial charge is 0.319 e. The highest BCUT2D eigenvalue weighted by molar-refractivity contribution is 6.32. The largest absolute Gasteiger partial charge is 0.487 e. The van der Waals surface area contributed by atoms with Crippen LogP contribution in [0.3, 0.4) is 0 Å². The van der Waals surface area contributed by atoms with Crippen molar-refractivity contribution in [1.29, 1.82) is 0 Å². The normalized spacial score (nSPS) is 11.8. The van der Waals surface area contributed by atoms with E-state index in [1.165, 1.54) is 0 Å². The van der Waals surface area contributed by atoms with Gasteiger partial charge < -0.3 is 24.8 Å². The number of urea groups is 1. The number of amides is 2. The van der Waals surface area contributed by atoms with Crippen LogP contribution in [0.1, 0.15) is 6.92 Å². The summed E-state index contributed by atoms with van der Waals surface area (Å²) in [7, 11) is 3.16. The molecule has 7 heteroatoms. The van der Waals surface area contributed by atoms with Crippen LogP contribution in [0.15, 0.2) is 18.2 Å². The lowest BCUT2D eigenvalue weighted by Crippen LogP contribution is -2.38. The Labute approximate surface area is 129 Å². The van der Waals surface area contributed by atoms with Gasteiger partial charge in [0.15, 0.2) is 5.75 Å². The fourth-order valence-corrected chi connectivity index (χ4v) is 1.88. The highest BCUT2D eigenvalue weighted by Gasteiger charge is 2.13. The SMILES string of the molecule is COCCOc1c(Cl)cccc1NC(=O)N[C@@H](C)COC. The fourth-order valence-electron chi connectivity index (χ4n) is 1.65. The number of rotatable bonds is 8. The van der Waals surface area contributed by atoms with Crippen LogP contribution >= 0.6 is 11.6 Å². The predicted molar refractivity (Wildman–Crippen MR) is 82.3 cm³/mol. The van der Waals surface area contributed by atoms with Crippen molar-refractivity contribution < 1.29 is 19.0 Å². The van der Waals surface area contributed by atoms with E-state index in [-0.39, 0.29) is 12.1 Å². The number of benzene rings is 1. The van der Waals surface area contributed by atoms with Crippen LogP contribution in [0.25, 0.3) is 0 Å². The molecule has 0 saturated heterocycles. The first-order valence-electron chi connectivity index (χ1n) is 6.55. The number of carbonyl (C=O) groups excluding carboxylic acids is 1. The number of nitrogens with one attached hydrogen (secondary N) is 2. The molecule has 0 unspecified atom stereocenters. The Kier molecular flexibility index (Phi) is 7.89. The zero-order chi connectivity index (χ0) is 15.7. The van der Waals surface area contributed by atoms with Crippen LogP contribution in [0.2, 0.25) is 5.02 Å². The Morgan fingerprint density at radius 3 is 2.71 bits per heavy atom. The van der Waals surface area contributed by atoms with E-state index in [4.69, 9.17) is 25.8 Å². The molecule has 0 spiro atoms. The van der Waals surface area contributed by atoms with Gasteiger partial charge in [0.1, 0.15) is 6.61 Å². The average Bonchev–Trinajstić information content (AvgIpc) is 2.42.